The largest absolute Gasteiger partial charge is 0.504 e. The van der Waals surface area contributed by atoms with E-state index in [1.54, 1.807) is 0 Å². The van der Waals surface area contributed by atoms with Crippen LogP contribution in [-0.4, -0.2) is 29.8 Å². The molecule has 0 saturated carbocycles. The monoisotopic (exact) mass is 380 g/mol. The van der Waals surface area contributed by atoms with Gasteiger partial charge >= 0.3 is 5.97 Å². The summed E-state index contributed by atoms with van der Waals surface area (Å²) in [6.07, 6.45) is 3.61. The molecule has 7 heteroatoms. The summed E-state index contributed by atoms with van der Waals surface area (Å²) >= 11 is 3.28. The normalized spacial score (nSPS) is 17.9. The van der Waals surface area contributed by atoms with Crippen LogP contribution in [-0.2, 0) is 19.1 Å². The van der Waals surface area contributed by atoms with Crippen molar-refractivity contribution in [2.24, 2.45) is 5.92 Å². The Balaban J connectivity index is 2.24. The summed E-state index contributed by atoms with van der Waals surface area (Å²) in [5, 5.41) is 9.74. The predicted molar refractivity (Wildman–Crippen MR) is 84.7 cm³/mol. The van der Waals surface area contributed by atoms with Crippen LogP contribution in [0.5, 0.6) is 11.5 Å². The van der Waals surface area contributed by atoms with Gasteiger partial charge in [-0.1, -0.05) is 22.0 Å². The van der Waals surface area contributed by atoms with Crippen molar-refractivity contribution >= 4 is 39.5 Å². The van der Waals surface area contributed by atoms with Crippen LogP contribution in [0, 0.1) is 5.92 Å². The number of halogens is 1. The Bertz CT molecular complexity index is 747. The number of phenolic OH excluding ortho intramolecular Hbond substituents is 1. The van der Waals surface area contributed by atoms with Crippen molar-refractivity contribution in [2.45, 2.75) is 6.92 Å². The molecule has 6 nitrogen and oxygen atoms in total. The van der Waals surface area contributed by atoms with E-state index in [0.717, 1.165) is 12.2 Å². The van der Waals surface area contributed by atoms with Crippen LogP contribution in [0.4, 0.5) is 0 Å². The first kappa shape index (κ1) is 17.0. The summed E-state index contributed by atoms with van der Waals surface area (Å²) in [5.74, 6) is -3.34. The van der Waals surface area contributed by atoms with Gasteiger partial charge in [0.15, 0.2) is 29.0 Å². The second-order valence-electron chi connectivity index (χ2n) is 4.79. The first-order valence-electron chi connectivity index (χ1n) is 6.55. The number of carbonyl (C=O) groups excluding carboxylic acids is 3. The summed E-state index contributed by atoms with van der Waals surface area (Å²) in [7, 11) is 1.41. The lowest BCUT2D eigenvalue weighted by atomic mass is 9.96. The lowest BCUT2D eigenvalue weighted by Gasteiger charge is -2.15. The van der Waals surface area contributed by atoms with Crippen LogP contribution in [0.15, 0.2) is 34.5 Å². The van der Waals surface area contributed by atoms with Crippen LogP contribution in [0.3, 0.4) is 0 Å². The van der Waals surface area contributed by atoms with Crippen LogP contribution < -0.4 is 4.74 Å². The SMILES string of the molecule is COc1cc(Br)c(/C=C/C(=O)C2C(=O)C=C(C)OC2=O)cc1O. The molecular weight excluding hydrogens is 368 g/mol. The molecule has 1 aromatic rings. The Morgan fingerprint density at radius 2 is 2.09 bits per heavy atom. The molecule has 0 spiro atoms. The highest BCUT2D eigenvalue weighted by atomic mass is 79.9. The maximum absolute atomic E-state index is 12.1. The molecule has 1 heterocycles. The van der Waals surface area contributed by atoms with E-state index >= 15 is 0 Å². The van der Waals surface area contributed by atoms with Crippen molar-refractivity contribution in [3.05, 3.63) is 40.1 Å². The van der Waals surface area contributed by atoms with Crippen LogP contribution in [0.1, 0.15) is 12.5 Å². The summed E-state index contributed by atoms with van der Waals surface area (Å²) in [6, 6.07) is 2.92. The highest BCUT2D eigenvalue weighted by Crippen LogP contribution is 2.33. The third-order valence-corrected chi connectivity index (χ3v) is 3.82. The third-order valence-electron chi connectivity index (χ3n) is 3.14. The second kappa shape index (κ2) is 6.78. The molecule has 1 aromatic carbocycles. The zero-order valence-corrected chi connectivity index (χ0v) is 13.9. The average molecular weight is 381 g/mol. The van der Waals surface area contributed by atoms with Gasteiger partial charge in [0.25, 0.3) is 0 Å². The van der Waals surface area contributed by atoms with Gasteiger partial charge in [-0.3, -0.25) is 14.4 Å². The highest BCUT2D eigenvalue weighted by Gasteiger charge is 2.36. The molecule has 1 atom stereocenters. The van der Waals surface area contributed by atoms with E-state index in [0.29, 0.717) is 10.0 Å². The van der Waals surface area contributed by atoms with E-state index in [1.807, 2.05) is 0 Å². The zero-order chi connectivity index (χ0) is 17.1. The Labute approximate surface area is 140 Å². The van der Waals surface area contributed by atoms with Crippen LogP contribution >= 0.6 is 15.9 Å². The van der Waals surface area contributed by atoms with E-state index in [2.05, 4.69) is 15.9 Å². The van der Waals surface area contributed by atoms with E-state index in [9.17, 15) is 19.5 Å². The van der Waals surface area contributed by atoms with E-state index in [4.69, 9.17) is 9.47 Å². The van der Waals surface area contributed by atoms with Gasteiger partial charge in [-0.15, -0.1) is 0 Å². The number of rotatable bonds is 4. The fourth-order valence-electron chi connectivity index (χ4n) is 2.02. The number of benzene rings is 1. The zero-order valence-electron chi connectivity index (χ0n) is 12.3. The molecule has 0 aliphatic carbocycles. The molecule has 0 fully saturated rings. The molecule has 23 heavy (non-hydrogen) atoms. The highest BCUT2D eigenvalue weighted by molar-refractivity contribution is 9.10. The molecule has 1 aliphatic rings. The Hall–Kier alpha value is -2.41. The maximum Gasteiger partial charge on any atom is 0.329 e. The molecule has 0 bridgehead atoms. The quantitative estimate of drug-likeness (QED) is 0.490. The Morgan fingerprint density at radius 3 is 2.70 bits per heavy atom. The van der Waals surface area contributed by atoms with Crippen LogP contribution in [0.2, 0.25) is 0 Å². The predicted octanol–water partition coefficient (Wildman–Crippen LogP) is 2.39. The number of hydrogen-bond donors (Lipinski definition) is 1. The maximum atomic E-state index is 12.1. The van der Waals surface area contributed by atoms with Gasteiger partial charge in [0.2, 0.25) is 0 Å². The molecule has 0 amide bonds. The van der Waals surface area contributed by atoms with E-state index in [-0.39, 0.29) is 17.3 Å². The van der Waals surface area contributed by atoms with Crippen molar-refractivity contribution < 1.29 is 29.0 Å². The van der Waals surface area contributed by atoms with Crippen molar-refractivity contribution in [1.82, 2.24) is 0 Å². The number of ketones is 2. The smallest absolute Gasteiger partial charge is 0.329 e. The summed E-state index contributed by atoms with van der Waals surface area (Å²) in [6.45, 7) is 1.46. The Kier molecular flexibility index (Phi) is 5.00. The molecule has 1 aliphatic heterocycles. The van der Waals surface area contributed by atoms with Gasteiger partial charge < -0.3 is 14.6 Å². The van der Waals surface area contributed by atoms with Gasteiger partial charge in [0.1, 0.15) is 5.76 Å². The molecule has 2 rings (SSSR count). The number of cyclic esters (lactones) is 1. The molecule has 120 valence electrons. The molecule has 1 unspecified atom stereocenters. The fourth-order valence-corrected chi connectivity index (χ4v) is 2.48. The van der Waals surface area contributed by atoms with Crippen molar-refractivity contribution in [1.29, 1.82) is 0 Å². The van der Waals surface area contributed by atoms with Crippen molar-refractivity contribution in [2.75, 3.05) is 7.11 Å². The summed E-state index contributed by atoms with van der Waals surface area (Å²) in [5.41, 5.74) is 0.486. The number of aromatic hydroxyl groups is 1. The third kappa shape index (κ3) is 3.68. The average Bonchev–Trinajstić information content (AvgIpc) is 2.46. The first-order valence-corrected chi connectivity index (χ1v) is 7.35. The van der Waals surface area contributed by atoms with Gasteiger partial charge in [-0.25, -0.2) is 0 Å². The lowest BCUT2D eigenvalue weighted by Crippen LogP contribution is -2.34. The summed E-state index contributed by atoms with van der Waals surface area (Å²) < 4.78 is 10.3. The standard InChI is InChI=1S/C16H13BrO6/c1-8-5-13(20)15(16(21)23-8)11(18)4-3-9-6-12(19)14(22-2)7-10(9)17/h3-7,15,19H,1-2H3/b4-3+. The molecule has 0 aromatic heterocycles. The van der Waals surface area contributed by atoms with Crippen molar-refractivity contribution in [3.8, 4) is 11.5 Å². The number of esters is 1. The summed E-state index contributed by atoms with van der Waals surface area (Å²) in [4.78, 5) is 35.5. The minimum Gasteiger partial charge on any atom is -0.504 e. The first-order chi connectivity index (χ1) is 10.8. The van der Waals surface area contributed by atoms with Gasteiger partial charge in [0.05, 0.1) is 7.11 Å². The number of methoxy groups -OCH3 is 1. The number of ether oxygens (including phenoxy) is 2. The lowest BCUT2D eigenvalue weighted by molar-refractivity contribution is -0.151. The topological polar surface area (TPSA) is 89.9 Å². The number of phenols is 1. The molecule has 0 saturated heterocycles. The number of allylic oxidation sites excluding steroid dienone is 3. The molecule has 0 radical (unpaired) electrons. The number of hydrogen-bond acceptors (Lipinski definition) is 6. The fraction of sp³-hybridized carbons (Fsp3) is 0.188. The van der Waals surface area contributed by atoms with Crippen molar-refractivity contribution in [3.63, 3.8) is 0 Å². The number of carbonyl (C=O) groups is 3. The molecular formula is C16H13BrO6. The van der Waals surface area contributed by atoms with Gasteiger partial charge in [-0.05, 0) is 30.7 Å². The molecule has 1 N–H and O–H groups in total. The Morgan fingerprint density at radius 1 is 1.39 bits per heavy atom. The second-order valence-corrected chi connectivity index (χ2v) is 5.65. The van der Waals surface area contributed by atoms with Crippen LogP contribution in [0.25, 0.3) is 6.08 Å². The van der Waals surface area contributed by atoms with E-state index < -0.39 is 23.5 Å². The minimum atomic E-state index is -1.49. The van der Waals surface area contributed by atoms with Gasteiger partial charge in [-0.2, -0.15) is 0 Å². The van der Waals surface area contributed by atoms with E-state index in [1.165, 1.54) is 32.2 Å². The minimum absolute atomic E-state index is 0.102. The van der Waals surface area contributed by atoms with Gasteiger partial charge in [0, 0.05) is 10.5 Å².